The summed E-state index contributed by atoms with van der Waals surface area (Å²) in [4.78, 5) is 4.39. The van der Waals surface area contributed by atoms with E-state index in [-0.39, 0.29) is 0 Å². The van der Waals surface area contributed by atoms with Crippen molar-refractivity contribution < 1.29 is 0 Å². The summed E-state index contributed by atoms with van der Waals surface area (Å²) >= 11 is 0. The fourth-order valence-corrected chi connectivity index (χ4v) is 2.69. The van der Waals surface area contributed by atoms with Crippen molar-refractivity contribution in [3.63, 3.8) is 0 Å². The average molecular weight is 151 g/mol. The van der Waals surface area contributed by atoms with Gasteiger partial charge in [-0.1, -0.05) is 20.3 Å². The van der Waals surface area contributed by atoms with Crippen LogP contribution in [0.2, 0.25) is 0 Å². The van der Waals surface area contributed by atoms with Crippen LogP contribution in [0.3, 0.4) is 0 Å². The lowest BCUT2D eigenvalue weighted by atomic mass is 9.67. The topological polar surface area (TPSA) is 12.4 Å². The van der Waals surface area contributed by atoms with Gasteiger partial charge in [0.25, 0.3) is 0 Å². The molecular formula is C10H17N. The molecule has 1 heterocycles. The lowest BCUT2D eigenvalue weighted by Gasteiger charge is -2.37. The van der Waals surface area contributed by atoms with Crippen molar-refractivity contribution in [2.24, 2.45) is 15.8 Å². The van der Waals surface area contributed by atoms with Crippen LogP contribution in [0.1, 0.15) is 39.5 Å². The molecule has 1 fully saturated rings. The van der Waals surface area contributed by atoms with Crippen LogP contribution in [0.5, 0.6) is 0 Å². The van der Waals surface area contributed by atoms with E-state index in [2.05, 4.69) is 25.1 Å². The molecule has 0 bridgehead atoms. The highest BCUT2D eigenvalue weighted by molar-refractivity contribution is 5.61. The first-order valence-corrected chi connectivity index (χ1v) is 4.65. The largest absolute Gasteiger partial charge is 0.297 e. The van der Waals surface area contributed by atoms with E-state index in [1.165, 1.54) is 25.7 Å². The van der Waals surface area contributed by atoms with E-state index in [1.54, 1.807) is 0 Å². The third-order valence-electron chi connectivity index (χ3n) is 3.90. The molecule has 11 heavy (non-hydrogen) atoms. The Balaban J connectivity index is 2.24. The van der Waals surface area contributed by atoms with E-state index < -0.39 is 0 Å². The van der Waals surface area contributed by atoms with Gasteiger partial charge in [-0.05, 0) is 36.3 Å². The Hall–Kier alpha value is -0.330. The molecule has 0 radical (unpaired) electrons. The Morgan fingerprint density at radius 1 is 1.27 bits per heavy atom. The van der Waals surface area contributed by atoms with Crippen molar-refractivity contribution in [1.82, 2.24) is 0 Å². The third-order valence-corrected chi connectivity index (χ3v) is 3.90. The van der Waals surface area contributed by atoms with Gasteiger partial charge in [-0.2, -0.15) is 0 Å². The van der Waals surface area contributed by atoms with Gasteiger partial charge in [-0.15, -0.1) is 0 Å². The molecule has 1 aliphatic heterocycles. The van der Waals surface area contributed by atoms with E-state index in [0.29, 0.717) is 10.8 Å². The van der Waals surface area contributed by atoms with Crippen molar-refractivity contribution in [2.75, 3.05) is 6.54 Å². The first kappa shape index (κ1) is 7.33. The molecule has 1 atom stereocenters. The minimum Gasteiger partial charge on any atom is -0.297 e. The summed E-state index contributed by atoms with van der Waals surface area (Å²) < 4.78 is 0. The maximum atomic E-state index is 4.39. The van der Waals surface area contributed by atoms with E-state index in [1.807, 2.05) is 0 Å². The Kier molecular flexibility index (Phi) is 1.39. The monoisotopic (exact) mass is 151 g/mol. The zero-order chi connectivity index (χ0) is 7.95. The third kappa shape index (κ3) is 0.863. The smallest absolute Gasteiger partial charge is 0.0450 e. The Morgan fingerprint density at radius 2 is 2.09 bits per heavy atom. The first-order valence-electron chi connectivity index (χ1n) is 4.65. The van der Waals surface area contributed by atoms with Gasteiger partial charge in [-0.25, -0.2) is 0 Å². The summed E-state index contributed by atoms with van der Waals surface area (Å²) in [6, 6.07) is 0. The molecule has 1 aliphatic carbocycles. The number of hydrogen-bond donors (Lipinski definition) is 0. The van der Waals surface area contributed by atoms with Crippen molar-refractivity contribution in [1.29, 1.82) is 0 Å². The van der Waals surface area contributed by atoms with Crippen LogP contribution in [0.4, 0.5) is 0 Å². The molecule has 0 N–H and O–H groups in total. The minimum atomic E-state index is 0.545. The molecule has 0 amide bonds. The predicted molar refractivity (Wildman–Crippen MR) is 48.0 cm³/mol. The maximum Gasteiger partial charge on any atom is 0.0450 e. The zero-order valence-corrected chi connectivity index (χ0v) is 7.56. The number of nitrogens with zero attached hydrogens (tertiary/aromatic N) is 1. The second kappa shape index (κ2) is 2.09. The molecule has 2 rings (SSSR count). The molecular weight excluding hydrogens is 134 g/mol. The zero-order valence-electron chi connectivity index (χ0n) is 7.56. The molecule has 1 spiro atoms. The predicted octanol–water partition coefficient (Wildman–Crippen LogP) is 2.66. The summed E-state index contributed by atoms with van der Waals surface area (Å²) in [6.45, 7) is 5.92. The summed E-state index contributed by atoms with van der Waals surface area (Å²) in [6.07, 6.45) is 7.58. The van der Waals surface area contributed by atoms with Crippen LogP contribution in [-0.2, 0) is 0 Å². The van der Waals surface area contributed by atoms with Crippen molar-refractivity contribution in [3.8, 4) is 0 Å². The second-order valence-corrected chi connectivity index (χ2v) is 4.75. The Bertz CT molecular complexity index is 183. The van der Waals surface area contributed by atoms with Crippen LogP contribution < -0.4 is 0 Å². The molecule has 1 heteroatoms. The number of rotatable bonds is 0. The normalized spacial score (nSPS) is 40.5. The van der Waals surface area contributed by atoms with E-state index in [9.17, 15) is 0 Å². The molecule has 0 aromatic heterocycles. The molecule has 0 aromatic rings. The Morgan fingerprint density at radius 3 is 2.55 bits per heavy atom. The lowest BCUT2D eigenvalue weighted by molar-refractivity contribution is 0.138. The van der Waals surface area contributed by atoms with Crippen LogP contribution >= 0.6 is 0 Å². The van der Waals surface area contributed by atoms with Gasteiger partial charge in [0.15, 0.2) is 0 Å². The molecule has 2 aliphatic rings. The fourth-order valence-electron chi connectivity index (χ4n) is 2.69. The van der Waals surface area contributed by atoms with Gasteiger partial charge < -0.3 is 0 Å². The molecule has 0 aromatic carbocycles. The van der Waals surface area contributed by atoms with Crippen molar-refractivity contribution in [2.45, 2.75) is 39.5 Å². The average Bonchev–Trinajstić information content (AvgIpc) is 2.45. The summed E-state index contributed by atoms with van der Waals surface area (Å²) in [7, 11) is 0. The highest BCUT2D eigenvalue weighted by Crippen LogP contribution is 2.55. The summed E-state index contributed by atoms with van der Waals surface area (Å²) in [5.41, 5.74) is 1.11. The Labute approximate surface area is 68.9 Å². The highest BCUT2D eigenvalue weighted by atomic mass is 14.8. The van der Waals surface area contributed by atoms with Crippen LogP contribution in [-0.4, -0.2) is 12.8 Å². The molecule has 1 nitrogen and oxygen atoms in total. The first-order chi connectivity index (χ1) is 5.16. The van der Waals surface area contributed by atoms with Gasteiger partial charge in [0.2, 0.25) is 0 Å². The number of aliphatic imine (C=N–C) groups is 1. The van der Waals surface area contributed by atoms with E-state index in [4.69, 9.17) is 0 Å². The van der Waals surface area contributed by atoms with Gasteiger partial charge in [-0.3, -0.25) is 4.99 Å². The SMILES string of the molecule is CC1(C)CCCC12CC=NC2. The molecule has 62 valence electrons. The number of hydrogen-bond acceptors (Lipinski definition) is 1. The molecule has 1 unspecified atom stereocenters. The van der Waals surface area contributed by atoms with Crippen molar-refractivity contribution >= 4 is 6.21 Å². The summed E-state index contributed by atoms with van der Waals surface area (Å²) in [5.74, 6) is 0. The second-order valence-electron chi connectivity index (χ2n) is 4.75. The van der Waals surface area contributed by atoms with Gasteiger partial charge in [0.05, 0.1) is 0 Å². The lowest BCUT2D eigenvalue weighted by Crippen LogP contribution is -2.33. The highest BCUT2D eigenvalue weighted by Gasteiger charge is 2.49. The van der Waals surface area contributed by atoms with Crippen molar-refractivity contribution in [3.05, 3.63) is 0 Å². The van der Waals surface area contributed by atoms with Crippen LogP contribution in [0.15, 0.2) is 4.99 Å². The van der Waals surface area contributed by atoms with E-state index in [0.717, 1.165) is 6.54 Å². The quantitative estimate of drug-likeness (QED) is 0.504. The fraction of sp³-hybridized carbons (Fsp3) is 0.900. The van der Waals surface area contributed by atoms with Gasteiger partial charge >= 0.3 is 0 Å². The maximum absolute atomic E-state index is 4.39. The minimum absolute atomic E-state index is 0.545. The van der Waals surface area contributed by atoms with Gasteiger partial charge in [0.1, 0.15) is 0 Å². The van der Waals surface area contributed by atoms with Crippen LogP contribution in [0.25, 0.3) is 0 Å². The molecule has 0 saturated heterocycles. The standard InChI is InChI=1S/C10H17N/c1-9(2)4-3-5-10(9)6-7-11-8-10/h7H,3-6,8H2,1-2H3. The van der Waals surface area contributed by atoms with Gasteiger partial charge in [0, 0.05) is 6.54 Å². The van der Waals surface area contributed by atoms with E-state index >= 15 is 0 Å². The molecule has 1 saturated carbocycles. The van der Waals surface area contributed by atoms with Crippen LogP contribution in [0, 0.1) is 10.8 Å². The summed E-state index contributed by atoms with van der Waals surface area (Å²) in [5, 5.41) is 0.